The molecule has 7 nitrogen and oxygen atoms in total. The zero-order valence-electron chi connectivity index (χ0n) is 13.8. The number of rotatable bonds is 2. The maximum atomic E-state index is 11.5. The van der Waals surface area contributed by atoms with Crippen molar-refractivity contribution in [1.29, 1.82) is 21.2 Å². The Hall–Kier alpha value is -3.50. The summed E-state index contributed by atoms with van der Waals surface area (Å²) in [4.78, 5) is 11.0. The van der Waals surface area contributed by atoms with Gasteiger partial charge in [0.1, 0.15) is 5.92 Å². The van der Waals surface area contributed by atoms with Gasteiger partial charge in [0.05, 0.1) is 28.8 Å². The van der Waals surface area contributed by atoms with Crippen LogP contribution in [0, 0.1) is 66.8 Å². The second-order valence-corrected chi connectivity index (χ2v) is 6.54. The maximum Gasteiger partial charge on any atom is 0.272 e. The standard InChI is InChI=1S/C19H15N5O2/c20-9-15-12-5-1-2-6-13(12)17(19(10-21,11-22)18(15)23)14-7-3-4-8-16(14)24(25)26/h3-5,7-8,13,15,17,23H,1-2,6H2/t13-,15+,17-/m1/s1. The molecule has 3 rings (SSSR count). The molecule has 0 spiro atoms. The molecule has 128 valence electrons. The van der Waals surface area contributed by atoms with Crippen LogP contribution in [0.5, 0.6) is 0 Å². The maximum absolute atomic E-state index is 11.5. The van der Waals surface area contributed by atoms with Crippen LogP contribution in [0.1, 0.15) is 30.7 Å². The number of benzene rings is 1. The van der Waals surface area contributed by atoms with Gasteiger partial charge in [0, 0.05) is 17.5 Å². The fourth-order valence-corrected chi connectivity index (χ4v) is 4.27. The number of nitrogens with one attached hydrogen (secondary N) is 1. The second-order valence-electron chi connectivity index (χ2n) is 6.54. The first-order valence-electron chi connectivity index (χ1n) is 8.26. The molecule has 0 amide bonds. The van der Waals surface area contributed by atoms with Crippen molar-refractivity contribution in [2.24, 2.45) is 17.3 Å². The van der Waals surface area contributed by atoms with E-state index >= 15 is 0 Å². The first-order valence-corrected chi connectivity index (χ1v) is 8.26. The zero-order valence-corrected chi connectivity index (χ0v) is 13.8. The minimum Gasteiger partial charge on any atom is -0.305 e. The van der Waals surface area contributed by atoms with E-state index in [1.807, 2.05) is 18.2 Å². The van der Waals surface area contributed by atoms with Crippen LogP contribution in [0.2, 0.25) is 0 Å². The van der Waals surface area contributed by atoms with E-state index in [0.29, 0.717) is 12.0 Å². The Bertz CT molecular complexity index is 930. The fraction of sp³-hybridized carbons (Fsp3) is 0.368. The molecule has 2 aliphatic carbocycles. The Balaban J connectivity index is 2.33. The summed E-state index contributed by atoms with van der Waals surface area (Å²) < 4.78 is 0. The van der Waals surface area contributed by atoms with Crippen molar-refractivity contribution in [3.63, 3.8) is 0 Å². The van der Waals surface area contributed by atoms with Gasteiger partial charge >= 0.3 is 0 Å². The minimum atomic E-state index is -1.90. The van der Waals surface area contributed by atoms with Crippen molar-refractivity contribution in [2.75, 3.05) is 0 Å². The average Bonchev–Trinajstić information content (AvgIpc) is 2.67. The van der Waals surface area contributed by atoms with Gasteiger partial charge in [0.2, 0.25) is 0 Å². The van der Waals surface area contributed by atoms with Crippen molar-refractivity contribution >= 4 is 11.4 Å². The van der Waals surface area contributed by atoms with Gasteiger partial charge in [-0.1, -0.05) is 24.3 Å². The van der Waals surface area contributed by atoms with Crippen molar-refractivity contribution in [2.45, 2.75) is 25.2 Å². The third-order valence-corrected chi connectivity index (χ3v) is 5.39. The molecule has 26 heavy (non-hydrogen) atoms. The number of nitro benzene ring substituents is 1. The van der Waals surface area contributed by atoms with Gasteiger partial charge in [0.15, 0.2) is 5.41 Å². The third kappa shape index (κ3) is 2.28. The van der Waals surface area contributed by atoms with Crippen molar-refractivity contribution in [3.05, 3.63) is 51.6 Å². The first-order chi connectivity index (χ1) is 12.5. The fourth-order valence-electron chi connectivity index (χ4n) is 4.27. The summed E-state index contributed by atoms with van der Waals surface area (Å²) in [5, 5.41) is 49.3. The summed E-state index contributed by atoms with van der Waals surface area (Å²) >= 11 is 0. The van der Waals surface area contributed by atoms with Crippen molar-refractivity contribution in [3.8, 4) is 18.2 Å². The smallest absolute Gasteiger partial charge is 0.272 e. The van der Waals surface area contributed by atoms with Crippen LogP contribution in [0.15, 0.2) is 35.9 Å². The van der Waals surface area contributed by atoms with Gasteiger partial charge in [-0.15, -0.1) is 0 Å². The molecule has 2 aliphatic rings. The van der Waals surface area contributed by atoms with Crippen LogP contribution in [-0.2, 0) is 0 Å². The van der Waals surface area contributed by atoms with E-state index in [1.165, 1.54) is 12.1 Å². The predicted octanol–water partition coefficient (Wildman–Crippen LogP) is 3.61. The van der Waals surface area contributed by atoms with Gasteiger partial charge in [-0.25, -0.2) is 0 Å². The van der Waals surface area contributed by atoms with Crippen LogP contribution in [0.25, 0.3) is 0 Å². The molecule has 7 heteroatoms. The predicted molar refractivity (Wildman–Crippen MR) is 91.8 cm³/mol. The van der Waals surface area contributed by atoms with Gasteiger partial charge in [0.25, 0.3) is 5.69 Å². The van der Waals surface area contributed by atoms with Crippen LogP contribution in [0.4, 0.5) is 5.69 Å². The number of nitro groups is 1. The molecule has 1 aromatic rings. The summed E-state index contributed by atoms with van der Waals surface area (Å²) in [7, 11) is 0. The highest BCUT2D eigenvalue weighted by Gasteiger charge is 2.58. The highest BCUT2D eigenvalue weighted by atomic mass is 16.6. The number of nitrogens with zero attached hydrogens (tertiary/aromatic N) is 4. The van der Waals surface area contributed by atoms with Crippen molar-refractivity contribution in [1.82, 2.24) is 0 Å². The van der Waals surface area contributed by atoms with E-state index in [0.717, 1.165) is 12.8 Å². The van der Waals surface area contributed by atoms with Gasteiger partial charge in [-0.2, -0.15) is 15.8 Å². The molecule has 1 N–H and O–H groups in total. The lowest BCUT2D eigenvalue weighted by Gasteiger charge is -2.45. The molecule has 0 radical (unpaired) electrons. The quantitative estimate of drug-likeness (QED) is 0.495. The molecule has 0 aromatic heterocycles. The number of nitriles is 3. The molecule has 3 atom stereocenters. The van der Waals surface area contributed by atoms with Crippen LogP contribution < -0.4 is 0 Å². The van der Waals surface area contributed by atoms with Gasteiger partial charge in [-0.05, 0) is 30.8 Å². The molecule has 0 unspecified atom stereocenters. The molecule has 1 aromatic carbocycles. The Labute approximate surface area is 150 Å². The first kappa shape index (κ1) is 17.3. The SMILES string of the molecule is N#C[C@@H]1C(=N)C(C#N)(C#N)[C@@H](c2ccccc2[N+](=O)[O-])[C@@H]2CCCC=C12. The number of hydrogen-bond acceptors (Lipinski definition) is 6. The van der Waals surface area contributed by atoms with Crippen molar-refractivity contribution < 1.29 is 4.92 Å². The highest BCUT2D eigenvalue weighted by molar-refractivity contribution is 6.01. The molecule has 0 heterocycles. The molecule has 1 fully saturated rings. The molecular weight excluding hydrogens is 330 g/mol. The topological polar surface area (TPSA) is 138 Å². The van der Waals surface area contributed by atoms with Gasteiger partial charge < -0.3 is 5.41 Å². The number of para-hydroxylation sites is 1. The lowest BCUT2D eigenvalue weighted by Crippen LogP contribution is -2.48. The molecule has 0 aliphatic heterocycles. The van der Waals surface area contributed by atoms with Crippen LogP contribution in [0.3, 0.4) is 0 Å². The normalized spacial score (nSPS) is 26.4. The lowest BCUT2D eigenvalue weighted by molar-refractivity contribution is -0.385. The highest BCUT2D eigenvalue weighted by Crippen LogP contribution is 2.56. The van der Waals surface area contributed by atoms with Crippen LogP contribution in [-0.4, -0.2) is 10.6 Å². The van der Waals surface area contributed by atoms with E-state index in [-0.39, 0.29) is 22.9 Å². The summed E-state index contributed by atoms with van der Waals surface area (Å²) in [6.07, 6.45) is 4.09. The van der Waals surface area contributed by atoms with E-state index in [4.69, 9.17) is 5.41 Å². The monoisotopic (exact) mass is 345 g/mol. The Morgan fingerprint density at radius 2 is 1.92 bits per heavy atom. The summed E-state index contributed by atoms with van der Waals surface area (Å²) in [5.41, 5.74) is -1.35. The van der Waals surface area contributed by atoms with E-state index < -0.39 is 22.2 Å². The second kappa shape index (κ2) is 6.43. The molecular formula is C19H15N5O2. The average molecular weight is 345 g/mol. The summed E-state index contributed by atoms with van der Waals surface area (Å²) in [6.45, 7) is 0. The van der Waals surface area contributed by atoms with E-state index in [1.54, 1.807) is 12.1 Å². The Kier molecular flexibility index (Phi) is 4.28. The summed E-state index contributed by atoms with van der Waals surface area (Å²) in [6, 6.07) is 12.0. The Morgan fingerprint density at radius 1 is 1.23 bits per heavy atom. The number of fused-ring (bicyclic) bond motifs is 1. The largest absolute Gasteiger partial charge is 0.305 e. The number of allylic oxidation sites excluding steroid dienone is 2. The summed E-state index contributed by atoms with van der Waals surface area (Å²) in [5.74, 6) is -2.12. The van der Waals surface area contributed by atoms with E-state index in [2.05, 4.69) is 6.07 Å². The van der Waals surface area contributed by atoms with Crippen LogP contribution >= 0.6 is 0 Å². The van der Waals surface area contributed by atoms with E-state index in [9.17, 15) is 25.9 Å². The minimum absolute atomic E-state index is 0.166. The number of hydrogen-bond donors (Lipinski definition) is 1. The molecule has 1 saturated carbocycles. The van der Waals surface area contributed by atoms with Gasteiger partial charge in [-0.3, -0.25) is 10.1 Å². The third-order valence-electron chi connectivity index (χ3n) is 5.39. The Morgan fingerprint density at radius 3 is 2.54 bits per heavy atom. The lowest BCUT2D eigenvalue weighted by atomic mass is 9.53. The molecule has 0 saturated heterocycles. The zero-order chi connectivity index (χ0) is 18.9. The molecule has 0 bridgehead atoms.